The molecule has 8 heteroatoms. The van der Waals surface area contributed by atoms with Crippen LogP contribution in [0.1, 0.15) is 34.8 Å². The molecule has 1 heterocycles. The molecular weight excluding hydrogens is 327 g/mol. The van der Waals surface area contributed by atoms with E-state index in [1.807, 2.05) is 12.3 Å². The predicted octanol–water partition coefficient (Wildman–Crippen LogP) is 4.03. The summed E-state index contributed by atoms with van der Waals surface area (Å²) in [5.41, 5.74) is -0.00595. The van der Waals surface area contributed by atoms with Crippen molar-refractivity contribution >= 4 is 17.4 Å². The van der Waals surface area contributed by atoms with E-state index in [2.05, 4.69) is 15.6 Å². The molecule has 0 aliphatic rings. The highest BCUT2D eigenvalue weighted by atomic mass is 32.1. The molecule has 0 aliphatic heterocycles. The van der Waals surface area contributed by atoms with Crippen molar-refractivity contribution < 1.29 is 18.0 Å². The van der Waals surface area contributed by atoms with E-state index in [-0.39, 0.29) is 12.1 Å². The highest BCUT2D eigenvalue weighted by Gasteiger charge is 2.34. The Bertz CT molecular complexity index is 685. The van der Waals surface area contributed by atoms with E-state index in [4.69, 9.17) is 0 Å². The van der Waals surface area contributed by atoms with Gasteiger partial charge in [0.2, 0.25) is 0 Å². The molecule has 2 amide bonds. The number of halogens is 3. The van der Waals surface area contributed by atoms with Crippen molar-refractivity contribution in [2.75, 3.05) is 0 Å². The van der Waals surface area contributed by atoms with Crippen LogP contribution in [0.15, 0.2) is 29.6 Å². The summed E-state index contributed by atoms with van der Waals surface area (Å²) in [5.74, 6) is 0. The Morgan fingerprint density at radius 1 is 1.35 bits per heavy atom. The lowest BCUT2D eigenvalue weighted by Gasteiger charge is -2.19. The summed E-state index contributed by atoms with van der Waals surface area (Å²) in [6, 6.07) is 3.88. The standard InChI is InChI=1S/C15H16F3N3OS/c1-9(12-5-3-4-6-13(12)15(16,17)18)20-14(22)19-7-11-8-23-10(2)21-11/h3-6,8-9H,7H2,1-2H3,(H2,19,20,22)/t9-/m1/s1. The lowest BCUT2D eigenvalue weighted by molar-refractivity contribution is -0.138. The van der Waals surface area contributed by atoms with Gasteiger partial charge in [-0.2, -0.15) is 13.2 Å². The number of carbonyl (C=O) groups excluding carboxylic acids is 1. The fraction of sp³-hybridized carbons (Fsp3) is 0.333. The summed E-state index contributed by atoms with van der Waals surface area (Å²) in [6.45, 7) is 3.59. The van der Waals surface area contributed by atoms with Crippen LogP contribution in [0, 0.1) is 6.92 Å². The van der Waals surface area contributed by atoms with Crippen LogP contribution < -0.4 is 10.6 Å². The Morgan fingerprint density at radius 2 is 2.04 bits per heavy atom. The van der Waals surface area contributed by atoms with Gasteiger partial charge in [-0.05, 0) is 25.5 Å². The van der Waals surface area contributed by atoms with Gasteiger partial charge >= 0.3 is 12.2 Å². The predicted molar refractivity (Wildman–Crippen MR) is 82.1 cm³/mol. The fourth-order valence-electron chi connectivity index (χ4n) is 2.12. The van der Waals surface area contributed by atoms with Gasteiger partial charge in [-0.15, -0.1) is 11.3 Å². The summed E-state index contributed by atoms with van der Waals surface area (Å²) in [7, 11) is 0. The summed E-state index contributed by atoms with van der Waals surface area (Å²) in [4.78, 5) is 16.0. The first-order valence-electron chi connectivity index (χ1n) is 6.89. The van der Waals surface area contributed by atoms with E-state index in [1.165, 1.54) is 36.5 Å². The number of nitrogens with zero attached hydrogens (tertiary/aromatic N) is 1. The molecule has 0 saturated carbocycles. The summed E-state index contributed by atoms with van der Waals surface area (Å²) in [6.07, 6.45) is -4.46. The van der Waals surface area contributed by atoms with Gasteiger partial charge in [-0.25, -0.2) is 9.78 Å². The molecule has 4 nitrogen and oxygen atoms in total. The molecule has 0 spiro atoms. The number of carbonyl (C=O) groups is 1. The van der Waals surface area contributed by atoms with Gasteiger partial charge in [0.15, 0.2) is 0 Å². The lowest BCUT2D eigenvalue weighted by atomic mass is 10.0. The fourth-order valence-corrected chi connectivity index (χ4v) is 2.73. The first kappa shape index (κ1) is 17.3. The van der Waals surface area contributed by atoms with E-state index >= 15 is 0 Å². The summed E-state index contributed by atoms with van der Waals surface area (Å²) < 4.78 is 38.9. The number of rotatable bonds is 4. The topological polar surface area (TPSA) is 54.0 Å². The minimum Gasteiger partial charge on any atom is -0.332 e. The van der Waals surface area contributed by atoms with Crippen molar-refractivity contribution in [1.29, 1.82) is 0 Å². The second kappa shape index (κ2) is 6.99. The zero-order chi connectivity index (χ0) is 17.0. The Kier molecular flexibility index (Phi) is 5.25. The molecule has 2 N–H and O–H groups in total. The zero-order valence-electron chi connectivity index (χ0n) is 12.6. The van der Waals surface area contributed by atoms with Crippen LogP contribution in [0.3, 0.4) is 0 Å². The van der Waals surface area contributed by atoms with Crippen LogP contribution in [0.25, 0.3) is 0 Å². The van der Waals surface area contributed by atoms with Gasteiger partial charge in [0.1, 0.15) is 0 Å². The molecule has 0 saturated heterocycles. The number of thiazole rings is 1. The molecule has 124 valence electrons. The Balaban J connectivity index is 1.99. The highest BCUT2D eigenvalue weighted by molar-refractivity contribution is 7.09. The number of amides is 2. The number of aryl methyl sites for hydroxylation is 1. The molecule has 0 fully saturated rings. The minimum absolute atomic E-state index is 0.0275. The molecule has 0 bridgehead atoms. The van der Waals surface area contributed by atoms with Crippen LogP contribution in [0.4, 0.5) is 18.0 Å². The number of hydrogen-bond donors (Lipinski definition) is 2. The molecule has 0 radical (unpaired) electrons. The average molecular weight is 343 g/mol. The third-order valence-corrected chi connectivity index (χ3v) is 4.00. The molecular formula is C15H16F3N3OS. The maximum absolute atomic E-state index is 13.0. The number of alkyl halides is 3. The van der Waals surface area contributed by atoms with E-state index < -0.39 is 23.8 Å². The quantitative estimate of drug-likeness (QED) is 0.881. The van der Waals surface area contributed by atoms with Crippen molar-refractivity contribution in [3.05, 3.63) is 51.5 Å². The first-order chi connectivity index (χ1) is 10.8. The Morgan fingerprint density at radius 3 is 2.65 bits per heavy atom. The van der Waals surface area contributed by atoms with Gasteiger partial charge in [-0.1, -0.05) is 18.2 Å². The number of hydrogen-bond acceptors (Lipinski definition) is 3. The van der Waals surface area contributed by atoms with Crippen molar-refractivity contribution in [3.63, 3.8) is 0 Å². The van der Waals surface area contributed by atoms with Crippen LogP contribution >= 0.6 is 11.3 Å². The van der Waals surface area contributed by atoms with Crippen LogP contribution in [0.2, 0.25) is 0 Å². The third kappa shape index (κ3) is 4.69. The van der Waals surface area contributed by atoms with Gasteiger partial charge in [0.05, 0.1) is 28.9 Å². The number of benzene rings is 1. The van der Waals surface area contributed by atoms with Crippen molar-refractivity contribution in [2.45, 2.75) is 32.6 Å². The van der Waals surface area contributed by atoms with Crippen molar-refractivity contribution in [1.82, 2.24) is 15.6 Å². The third-order valence-electron chi connectivity index (χ3n) is 3.18. The molecule has 0 unspecified atom stereocenters. The molecule has 2 aromatic rings. The first-order valence-corrected chi connectivity index (χ1v) is 7.77. The number of urea groups is 1. The van der Waals surface area contributed by atoms with E-state index in [0.717, 1.165) is 11.1 Å². The normalized spacial score (nSPS) is 12.7. The monoisotopic (exact) mass is 343 g/mol. The smallest absolute Gasteiger partial charge is 0.332 e. The maximum atomic E-state index is 13.0. The largest absolute Gasteiger partial charge is 0.416 e. The second-order valence-electron chi connectivity index (χ2n) is 4.99. The maximum Gasteiger partial charge on any atom is 0.416 e. The van der Waals surface area contributed by atoms with Gasteiger partial charge in [0.25, 0.3) is 0 Å². The van der Waals surface area contributed by atoms with Crippen molar-refractivity contribution in [3.8, 4) is 0 Å². The molecule has 0 aliphatic carbocycles. The van der Waals surface area contributed by atoms with Gasteiger partial charge < -0.3 is 10.6 Å². The van der Waals surface area contributed by atoms with Gasteiger partial charge in [-0.3, -0.25) is 0 Å². The lowest BCUT2D eigenvalue weighted by Crippen LogP contribution is -2.37. The molecule has 1 aromatic carbocycles. The van der Waals surface area contributed by atoms with E-state index in [1.54, 1.807) is 0 Å². The second-order valence-corrected chi connectivity index (χ2v) is 6.05. The van der Waals surface area contributed by atoms with Crippen molar-refractivity contribution in [2.24, 2.45) is 0 Å². The van der Waals surface area contributed by atoms with E-state index in [9.17, 15) is 18.0 Å². The zero-order valence-corrected chi connectivity index (χ0v) is 13.4. The molecule has 1 aromatic heterocycles. The van der Waals surface area contributed by atoms with Crippen LogP contribution in [-0.2, 0) is 12.7 Å². The Labute approximate surface area is 135 Å². The number of aromatic nitrogens is 1. The Hall–Kier alpha value is -2.09. The van der Waals surface area contributed by atoms with Crippen LogP contribution in [0.5, 0.6) is 0 Å². The molecule has 23 heavy (non-hydrogen) atoms. The van der Waals surface area contributed by atoms with E-state index in [0.29, 0.717) is 5.69 Å². The highest BCUT2D eigenvalue weighted by Crippen LogP contribution is 2.34. The van der Waals surface area contributed by atoms with Gasteiger partial charge in [0, 0.05) is 5.38 Å². The molecule has 1 atom stereocenters. The minimum atomic E-state index is -4.46. The number of nitrogens with one attached hydrogen (secondary N) is 2. The van der Waals surface area contributed by atoms with Crippen LogP contribution in [-0.4, -0.2) is 11.0 Å². The average Bonchev–Trinajstić information content (AvgIpc) is 2.90. The summed E-state index contributed by atoms with van der Waals surface area (Å²) >= 11 is 1.46. The summed E-state index contributed by atoms with van der Waals surface area (Å²) in [5, 5.41) is 7.80. The SMILES string of the molecule is Cc1nc(CNC(=O)N[C@H](C)c2ccccc2C(F)(F)F)cs1. The molecule has 2 rings (SSSR count).